The Morgan fingerprint density at radius 1 is 1.08 bits per heavy atom. The van der Waals surface area contributed by atoms with E-state index in [1.54, 1.807) is 29.2 Å². The van der Waals surface area contributed by atoms with Crippen LogP contribution < -0.4 is 4.72 Å². The van der Waals surface area contributed by atoms with Gasteiger partial charge in [0, 0.05) is 20.0 Å². The van der Waals surface area contributed by atoms with E-state index in [-0.39, 0.29) is 23.4 Å². The largest absolute Gasteiger partial charge is 0.335 e. The van der Waals surface area contributed by atoms with Crippen LogP contribution in [0.3, 0.4) is 0 Å². The van der Waals surface area contributed by atoms with Crippen LogP contribution in [-0.2, 0) is 14.8 Å². The SMILES string of the molecule is CC(=O)N(CCNS(=O)(=O)c1ccc(C)cc1)C(C)c1ccccc1. The van der Waals surface area contributed by atoms with Crippen molar-refractivity contribution in [2.75, 3.05) is 13.1 Å². The lowest BCUT2D eigenvalue weighted by Crippen LogP contribution is -2.39. The Balaban J connectivity index is 2.02. The third kappa shape index (κ3) is 5.14. The van der Waals surface area contributed by atoms with E-state index in [0.717, 1.165) is 11.1 Å². The summed E-state index contributed by atoms with van der Waals surface area (Å²) in [7, 11) is -3.58. The van der Waals surface area contributed by atoms with Crippen molar-refractivity contribution in [2.45, 2.75) is 31.7 Å². The fourth-order valence-electron chi connectivity index (χ4n) is 2.64. The summed E-state index contributed by atoms with van der Waals surface area (Å²) in [6, 6.07) is 16.2. The number of rotatable bonds is 7. The molecule has 0 bridgehead atoms. The molecule has 1 N–H and O–H groups in total. The minimum atomic E-state index is -3.58. The molecule has 1 atom stereocenters. The lowest BCUT2D eigenvalue weighted by Gasteiger charge is -2.28. The van der Waals surface area contributed by atoms with Crippen LogP contribution in [0.1, 0.15) is 31.0 Å². The minimum Gasteiger partial charge on any atom is -0.335 e. The Morgan fingerprint density at radius 2 is 1.68 bits per heavy atom. The summed E-state index contributed by atoms with van der Waals surface area (Å²) in [6.07, 6.45) is 0. The van der Waals surface area contributed by atoms with Gasteiger partial charge in [-0.2, -0.15) is 0 Å². The molecular formula is C19H24N2O3S. The van der Waals surface area contributed by atoms with E-state index in [4.69, 9.17) is 0 Å². The Labute approximate surface area is 149 Å². The number of amides is 1. The molecule has 0 spiro atoms. The van der Waals surface area contributed by atoms with Crippen LogP contribution in [0.4, 0.5) is 0 Å². The number of hydrogen-bond acceptors (Lipinski definition) is 3. The van der Waals surface area contributed by atoms with E-state index in [1.807, 2.05) is 44.2 Å². The highest BCUT2D eigenvalue weighted by Crippen LogP contribution is 2.19. The Morgan fingerprint density at radius 3 is 2.24 bits per heavy atom. The Kier molecular flexibility index (Phi) is 6.33. The van der Waals surface area contributed by atoms with Gasteiger partial charge in [0.05, 0.1) is 10.9 Å². The highest BCUT2D eigenvalue weighted by Gasteiger charge is 2.19. The summed E-state index contributed by atoms with van der Waals surface area (Å²) in [5.74, 6) is -0.0918. The van der Waals surface area contributed by atoms with Crippen molar-refractivity contribution < 1.29 is 13.2 Å². The molecule has 0 saturated heterocycles. The summed E-state index contributed by atoms with van der Waals surface area (Å²) in [5, 5.41) is 0. The van der Waals surface area contributed by atoms with Crippen molar-refractivity contribution in [3.63, 3.8) is 0 Å². The molecule has 0 aliphatic heterocycles. The first-order valence-corrected chi connectivity index (χ1v) is 9.68. The maximum absolute atomic E-state index is 12.3. The molecule has 0 fully saturated rings. The average molecular weight is 360 g/mol. The lowest BCUT2D eigenvalue weighted by molar-refractivity contribution is -0.130. The number of benzene rings is 2. The topological polar surface area (TPSA) is 66.5 Å². The molecule has 2 aromatic carbocycles. The molecule has 0 heterocycles. The van der Waals surface area contributed by atoms with E-state index >= 15 is 0 Å². The monoisotopic (exact) mass is 360 g/mol. The fourth-order valence-corrected chi connectivity index (χ4v) is 3.66. The van der Waals surface area contributed by atoms with Gasteiger partial charge >= 0.3 is 0 Å². The van der Waals surface area contributed by atoms with Crippen molar-refractivity contribution in [1.29, 1.82) is 0 Å². The zero-order chi connectivity index (χ0) is 18.4. The van der Waals surface area contributed by atoms with Crippen LogP contribution in [0.25, 0.3) is 0 Å². The van der Waals surface area contributed by atoms with Crippen molar-refractivity contribution in [2.24, 2.45) is 0 Å². The molecular weight excluding hydrogens is 336 g/mol. The van der Waals surface area contributed by atoms with Gasteiger partial charge in [0.2, 0.25) is 15.9 Å². The highest BCUT2D eigenvalue weighted by atomic mass is 32.2. The second-order valence-electron chi connectivity index (χ2n) is 6.01. The third-order valence-electron chi connectivity index (χ3n) is 4.13. The molecule has 134 valence electrons. The summed E-state index contributed by atoms with van der Waals surface area (Å²) >= 11 is 0. The molecule has 0 aromatic heterocycles. The molecule has 0 saturated carbocycles. The second kappa shape index (κ2) is 8.27. The zero-order valence-corrected chi connectivity index (χ0v) is 15.6. The average Bonchev–Trinajstić information content (AvgIpc) is 2.59. The first-order chi connectivity index (χ1) is 11.8. The van der Waals surface area contributed by atoms with Gasteiger partial charge in [-0.15, -0.1) is 0 Å². The molecule has 1 amide bonds. The van der Waals surface area contributed by atoms with E-state index in [0.29, 0.717) is 6.54 Å². The first-order valence-electron chi connectivity index (χ1n) is 8.20. The Bertz CT molecular complexity index is 802. The van der Waals surface area contributed by atoms with Gasteiger partial charge in [0.15, 0.2) is 0 Å². The number of carbonyl (C=O) groups excluding carboxylic acids is 1. The quantitative estimate of drug-likeness (QED) is 0.826. The molecule has 2 rings (SSSR count). The number of nitrogens with one attached hydrogen (secondary N) is 1. The van der Waals surface area contributed by atoms with Gasteiger partial charge in [0.1, 0.15) is 0 Å². The molecule has 0 aliphatic carbocycles. The summed E-state index contributed by atoms with van der Waals surface area (Å²) < 4.78 is 27.2. The van der Waals surface area contributed by atoms with E-state index < -0.39 is 10.0 Å². The second-order valence-corrected chi connectivity index (χ2v) is 7.78. The standard InChI is InChI=1S/C19H24N2O3S/c1-15-9-11-19(12-10-15)25(23,24)20-13-14-21(17(3)22)16(2)18-7-5-4-6-8-18/h4-12,16,20H,13-14H2,1-3H3. The van der Waals surface area contributed by atoms with Gasteiger partial charge in [-0.3, -0.25) is 4.79 Å². The van der Waals surface area contributed by atoms with Gasteiger partial charge in [0.25, 0.3) is 0 Å². The van der Waals surface area contributed by atoms with Crippen LogP contribution in [0.15, 0.2) is 59.5 Å². The summed E-state index contributed by atoms with van der Waals surface area (Å²) in [4.78, 5) is 13.9. The van der Waals surface area contributed by atoms with Gasteiger partial charge in [-0.1, -0.05) is 48.0 Å². The van der Waals surface area contributed by atoms with Crippen molar-refractivity contribution >= 4 is 15.9 Å². The first kappa shape index (κ1) is 19.1. The predicted molar refractivity (Wildman–Crippen MR) is 98.6 cm³/mol. The van der Waals surface area contributed by atoms with Crippen molar-refractivity contribution in [3.8, 4) is 0 Å². The van der Waals surface area contributed by atoms with Crippen LogP contribution in [0.2, 0.25) is 0 Å². The van der Waals surface area contributed by atoms with Crippen molar-refractivity contribution in [1.82, 2.24) is 9.62 Å². The minimum absolute atomic E-state index is 0.0918. The molecule has 6 heteroatoms. The zero-order valence-electron chi connectivity index (χ0n) is 14.8. The number of carbonyl (C=O) groups is 1. The Hall–Kier alpha value is -2.18. The van der Waals surface area contributed by atoms with Crippen molar-refractivity contribution in [3.05, 3.63) is 65.7 Å². The predicted octanol–water partition coefficient (Wildman–Crippen LogP) is 2.88. The van der Waals surface area contributed by atoms with Gasteiger partial charge < -0.3 is 4.90 Å². The van der Waals surface area contributed by atoms with Gasteiger partial charge in [-0.25, -0.2) is 13.1 Å². The summed E-state index contributed by atoms with van der Waals surface area (Å²) in [6.45, 7) is 5.79. The fraction of sp³-hybridized carbons (Fsp3) is 0.316. The van der Waals surface area contributed by atoms with E-state index in [9.17, 15) is 13.2 Å². The van der Waals surface area contributed by atoms with Crippen LogP contribution in [-0.4, -0.2) is 32.3 Å². The van der Waals surface area contributed by atoms with Crippen LogP contribution in [0, 0.1) is 6.92 Å². The molecule has 2 aromatic rings. The smallest absolute Gasteiger partial charge is 0.240 e. The molecule has 0 radical (unpaired) electrons. The number of hydrogen-bond donors (Lipinski definition) is 1. The number of sulfonamides is 1. The molecule has 25 heavy (non-hydrogen) atoms. The lowest BCUT2D eigenvalue weighted by atomic mass is 10.1. The van der Waals surface area contributed by atoms with E-state index in [2.05, 4.69) is 4.72 Å². The highest BCUT2D eigenvalue weighted by molar-refractivity contribution is 7.89. The number of nitrogens with zero attached hydrogens (tertiary/aromatic N) is 1. The van der Waals surface area contributed by atoms with Crippen LogP contribution in [0.5, 0.6) is 0 Å². The van der Waals surface area contributed by atoms with Crippen LogP contribution >= 0.6 is 0 Å². The number of aryl methyl sites for hydroxylation is 1. The summed E-state index contributed by atoms with van der Waals surface area (Å²) in [5.41, 5.74) is 2.01. The molecule has 5 nitrogen and oxygen atoms in total. The normalized spacial score (nSPS) is 12.6. The van der Waals surface area contributed by atoms with E-state index in [1.165, 1.54) is 6.92 Å². The maximum atomic E-state index is 12.3. The molecule has 1 unspecified atom stereocenters. The molecule has 0 aliphatic rings. The van der Waals surface area contributed by atoms with Gasteiger partial charge in [-0.05, 0) is 31.5 Å². The maximum Gasteiger partial charge on any atom is 0.240 e. The third-order valence-corrected chi connectivity index (χ3v) is 5.61.